The first-order chi connectivity index (χ1) is 8.01. The molecule has 1 atom stereocenters. The van der Waals surface area contributed by atoms with Gasteiger partial charge in [-0.1, -0.05) is 0 Å². The van der Waals surface area contributed by atoms with Gasteiger partial charge in [0, 0.05) is 6.54 Å². The molecule has 0 aliphatic rings. The molecular formula is C10H21N3O4. The van der Waals surface area contributed by atoms with Gasteiger partial charge in [-0.05, 0) is 13.8 Å². The highest BCUT2D eigenvalue weighted by molar-refractivity contribution is 5.88. The summed E-state index contributed by atoms with van der Waals surface area (Å²) < 4.78 is 5.22. The molecule has 0 aromatic rings. The molecule has 0 aromatic carbocycles. The maximum atomic E-state index is 11.5. The van der Waals surface area contributed by atoms with Gasteiger partial charge in [0.05, 0.1) is 25.9 Å². The van der Waals surface area contributed by atoms with Crippen molar-refractivity contribution in [2.24, 2.45) is 5.73 Å². The van der Waals surface area contributed by atoms with Crippen LogP contribution in [0.1, 0.15) is 13.8 Å². The van der Waals surface area contributed by atoms with E-state index in [1.807, 2.05) is 13.8 Å². The van der Waals surface area contributed by atoms with Crippen LogP contribution in [0, 0.1) is 0 Å². The lowest BCUT2D eigenvalue weighted by Crippen LogP contribution is -2.50. The molecule has 0 aliphatic heterocycles. The lowest BCUT2D eigenvalue weighted by molar-refractivity contribution is -0.129. The molecule has 0 aromatic heterocycles. The second-order valence-corrected chi connectivity index (χ2v) is 3.72. The van der Waals surface area contributed by atoms with Gasteiger partial charge in [-0.3, -0.25) is 9.59 Å². The molecule has 5 N–H and O–H groups in total. The van der Waals surface area contributed by atoms with Gasteiger partial charge in [-0.2, -0.15) is 0 Å². The fourth-order valence-corrected chi connectivity index (χ4v) is 1.04. The number of hydrogen-bond donors (Lipinski definition) is 4. The normalized spacial score (nSPS) is 12.3. The molecule has 0 unspecified atom stereocenters. The summed E-state index contributed by atoms with van der Waals surface area (Å²) in [6.07, 6.45) is 0.0949. The predicted molar refractivity (Wildman–Crippen MR) is 62.2 cm³/mol. The monoisotopic (exact) mass is 247 g/mol. The third-order valence-electron chi connectivity index (χ3n) is 1.87. The van der Waals surface area contributed by atoms with E-state index in [9.17, 15) is 9.59 Å². The Labute approximate surface area is 101 Å². The van der Waals surface area contributed by atoms with Crippen LogP contribution < -0.4 is 16.4 Å². The lowest BCUT2D eigenvalue weighted by atomic mass is 10.3. The summed E-state index contributed by atoms with van der Waals surface area (Å²) in [6, 6.07) is -0.968. The minimum Gasteiger partial charge on any atom is -0.394 e. The van der Waals surface area contributed by atoms with Crippen molar-refractivity contribution in [2.45, 2.75) is 26.0 Å². The van der Waals surface area contributed by atoms with Crippen molar-refractivity contribution < 1.29 is 19.4 Å². The number of hydrogen-bond acceptors (Lipinski definition) is 5. The second kappa shape index (κ2) is 8.91. The van der Waals surface area contributed by atoms with Gasteiger partial charge >= 0.3 is 0 Å². The largest absolute Gasteiger partial charge is 0.394 e. The zero-order chi connectivity index (χ0) is 13.3. The lowest BCUT2D eigenvalue weighted by Gasteiger charge is -2.16. The van der Waals surface area contributed by atoms with Crippen molar-refractivity contribution in [2.75, 3.05) is 26.3 Å². The molecule has 0 rings (SSSR count). The van der Waals surface area contributed by atoms with Gasteiger partial charge in [-0.25, -0.2) is 0 Å². The summed E-state index contributed by atoms with van der Waals surface area (Å²) in [5, 5.41) is 13.8. The highest BCUT2D eigenvalue weighted by Gasteiger charge is 2.18. The first kappa shape index (κ1) is 15.8. The standard InChI is InChI=1S/C10H21N3O4/c1-7(2)17-4-3-12-10(16)8(6-14)13-9(15)5-11/h7-8,14H,3-6,11H2,1-2H3,(H,12,16)(H,13,15)/t8-/m0/s1. The summed E-state index contributed by atoms with van der Waals surface area (Å²) in [5.41, 5.74) is 5.08. The average molecular weight is 247 g/mol. The van der Waals surface area contributed by atoms with Crippen molar-refractivity contribution >= 4 is 11.8 Å². The van der Waals surface area contributed by atoms with E-state index in [1.54, 1.807) is 0 Å². The minimum atomic E-state index is -0.968. The molecule has 0 saturated carbocycles. The van der Waals surface area contributed by atoms with Gasteiger partial charge in [-0.15, -0.1) is 0 Å². The van der Waals surface area contributed by atoms with Gasteiger partial charge in [0.15, 0.2) is 0 Å². The molecule has 7 heteroatoms. The van der Waals surface area contributed by atoms with E-state index in [1.165, 1.54) is 0 Å². The Hall–Kier alpha value is -1.18. The van der Waals surface area contributed by atoms with Crippen LogP contribution in [0.5, 0.6) is 0 Å². The number of ether oxygens (including phenoxy) is 1. The third kappa shape index (κ3) is 7.67. The number of nitrogens with one attached hydrogen (secondary N) is 2. The van der Waals surface area contributed by atoms with Crippen molar-refractivity contribution in [3.05, 3.63) is 0 Å². The first-order valence-electron chi connectivity index (χ1n) is 5.50. The SMILES string of the molecule is CC(C)OCCNC(=O)[C@H](CO)NC(=O)CN. The highest BCUT2D eigenvalue weighted by atomic mass is 16.5. The molecule has 17 heavy (non-hydrogen) atoms. The van der Waals surface area contributed by atoms with E-state index in [2.05, 4.69) is 10.6 Å². The summed E-state index contributed by atoms with van der Waals surface area (Å²) >= 11 is 0. The molecule has 0 fully saturated rings. The van der Waals surface area contributed by atoms with Crippen LogP contribution in [0.15, 0.2) is 0 Å². The van der Waals surface area contributed by atoms with Gasteiger partial charge in [0.25, 0.3) is 0 Å². The first-order valence-corrected chi connectivity index (χ1v) is 5.50. The number of aliphatic hydroxyl groups is 1. The van der Waals surface area contributed by atoms with E-state index in [-0.39, 0.29) is 12.6 Å². The Bertz CT molecular complexity index is 246. The zero-order valence-corrected chi connectivity index (χ0v) is 10.2. The van der Waals surface area contributed by atoms with Crippen LogP contribution in [0.4, 0.5) is 0 Å². The topological polar surface area (TPSA) is 114 Å². The fraction of sp³-hybridized carbons (Fsp3) is 0.800. The number of amides is 2. The van der Waals surface area contributed by atoms with Crippen LogP contribution in [-0.4, -0.2) is 55.4 Å². The van der Waals surface area contributed by atoms with Crippen molar-refractivity contribution in [1.82, 2.24) is 10.6 Å². The molecule has 7 nitrogen and oxygen atoms in total. The maximum Gasteiger partial charge on any atom is 0.245 e. The van der Waals surface area contributed by atoms with E-state index in [0.717, 1.165) is 0 Å². The Balaban J connectivity index is 3.88. The Morgan fingerprint density at radius 2 is 2.06 bits per heavy atom. The van der Waals surface area contributed by atoms with Crippen molar-refractivity contribution in [3.8, 4) is 0 Å². The molecule has 0 bridgehead atoms. The van der Waals surface area contributed by atoms with Gasteiger partial charge in [0.1, 0.15) is 6.04 Å². The molecule has 0 radical (unpaired) electrons. The summed E-state index contributed by atoms with van der Waals surface area (Å²) in [7, 11) is 0. The van der Waals surface area contributed by atoms with Crippen LogP contribution in [0.2, 0.25) is 0 Å². The number of rotatable bonds is 8. The fourth-order valence-electron chi connectivity index (χ4n) is 1.04. The maximum absolute atomic E-state index is 11.5. The van der Waals surface area contributed by atoms with Crippen molar-refractivity contribution in [3.63, 3.8) is 0 Å². The Morgan fingerprint density at radius 3 is 2.53 bits per heavy atom. The number of carbonyl (C=O) groups is 2. The van der Waals surface area contributed by atoms with Gasteiger partial charge < -0.3 is 26.2 Å². The zero-order valence-electron chi connectivity index (χ0n) is 10.2. The van der Waals surface area contributed by atoms with Crippen molar-refractivity contribution in [1.29, 1.82) is 0 Å². The van der Waals surface area contributed by atoms with E-state index < -0.39 is 24.5 Å². The molecule has 2 amide bonds. The predicted octanol–water partition coefficient (Wildman–Crippen LogP) is -2.04. The highest BCUT2D eigenvalue weighted by Crippen LogP contribution is 1.87. The molecule has 0 saturated heterocycles. The summed E-state index contributed by atoms with van der Waals surface area (Å²) in [4.78, 5) is 22.4. The molecule has 0 spiro atoms. The van der Waals surface area contributed by atoms with Crippen LogP contribution in [0.3, 0.4) is 0 Å². The van der Waals surface area contributed by atoms with E-state index in [0.29, 0.717) is 13.2 Å². The summed E-state index contributed by atoms with van der Waals surface area (Å²) in [5.74, 6) is -0.945. The quantitative estimate of drug-likeness (QED) is 0.369. The van der Waals surface area contributed by atoms with Crippen LogP contribution in [0.25, 0.3) is 0 Å². The van der Waals surface area contributed by atoms with E-state index in [4.69, 9.17) is 15.6 Å². The minimum absolute atomic E-state index is 0.0949. The van der Waals surface area contributed by atoms with Crippen LogP contribution >= 0.6 is 0 Å². The van der Waals surface area contributed by atoms with Gasteiger partial charge in [0.2, 0.25) is 11.8 Å². The van der Waals surface area contributed by atoms with Crippen LogP contribution in [-0.2, 0) is 14.3 Å². The molecular weight excluding hydrogens is 226 g/mol. The Kier molecular flexibility index (Phi) is 8.29. The number of aliphatic hydroxyl groups excluding tert-OH is 1. The molecule has 100 valence electrons. The number of carbonyl (C=O) groups excluding carboxylic acids is 2. The Morgan fingerprint density at radius 1 is 1.41 bits per heavy atom. The molecule has 0 heterocycles. The smallest absolute Gasteiger partial charge is 0.245 e. The average Bonchev–Trinajstić information content (AvgIpc) is 2.30. The second-order valence-electron chi connectivity index (χ2n) is 3.72. The third-order valence-corrected chi connectivity index (χ3v) is 1.87. The number of nitrogens with two attached hydrogens (primary N) is 1. The molecule has 0 aliphatic carbocycles. The van der Waals surface area contributed by atoms with E-state index >= 15 is 0 Å². The summed E-state index contributed by atoms with van der Waals surface area (Å²) in [6.45, 7) is 3.79.